The van der Waals surface area contributed by atoms with Crippen molar-refractivity contribution in [3.05, 3.63) is 70.2 Å². The highest BCUT2D eigenvalue weighted by molar-refractivity contribution is 6.34. The Hall–Kier alpha value is -2.21. The topological polar surface area (TPSA) is 33.0 Å². The number of benzene rings is 3. The molecule has 0 amide bonds. The van der Waals surface area contributed by atoms with Gasteiger partial charge in [0.25, 0.3) is 0 Å². The molecule has 0 heterocycles. The normalized spacial score (nSPS) is 10.3. The summed E-state index contributed by atoms with van der Waals surface area (Å²) in [5.74, 6) is 1.12. The van der Waals surface area contributed by atoms with Crippen LogP contribution in [0, 0.1) is 11.3 Å². The van der Waals surface area contributed by atoms with E-state index in [0.717, 1.165) is 10.8 Å². The SMILES string of the molecule is N#Cc1ccc(Oc2cc(Cl)ccc2Cl)c2ccccc12. The minimum atomic E-state index is 0.479. The number of hydrogen-bond acceptors (Lipinski definition) is 2. The van der Waals surface area contributed by atoms with E-state index in [1.807, 2.05) is 24.3 Å². The first-order valence-corrected chi connectivity index (χ1v) is 6.99. The summed E-state index contributed by atoms with van der Waals surface area (Å²) in [7, 11) is 0. The molecule has 0 bridgehead atoms. The Morgan fingerprint density at radius 2 is 1.62 bits per heavy atom. The predicted octanol–water partition coefficient (Wildman–Crippen LogP) is 5.81. The molecule has 0 radical (unpaired) electrons. The molecular weight excluding hydrogens is 305 g/mol. The van der Waals surface area contributed by atoms with Gasteiger partial charge in [0.1, 0.15) is 11.5 Å². The molecule has 0 aliphatic carbocycles. The van der Waals surface area contributed by atoms with Crippen molar-refractivity contribution in [2.75, 3.05) is 0 Å². The molecule has 0 atom stereocenters. The van der Waals surface area contributed by atoms with E-state index in [1.54, 1.807) is 30.3 Å². The quantitative estimate of drug-likeness (QED) is 0.598. The summed E-state index contributed by atoms with van der Waals surface area (Å²) in [6.45, 7) is 0. The lowest BCUT2D eigenvalue weighted by Gasteiger charge is -2.11. The van der Waals surface area contributed by atoms with Crippen molar-refractivity contribution in [1.29, 1.82) is 5.26 Å². The molecule has 3 aromatic carbocycles. The minimum absolute atomic E-state index is 0.479. The van der Waals surface area contributed by atoms with Gasteiger partial charge in [0.15, 0.2) is 0 Å². The van der Waals surface area contributed by atoms with Gasteiger partial charge in [-0.15, -0.1) is 0 Å². The van der Waals surface area contributed by atoms with Crippen LogP contribution in [0.3, 0.4) is 0 Å². The molecule has 0 saturated carbocycles. The molecule has 2 nitrogen and oxygen atoms in total. The van der Waals surface area contributed by atoms with Gasteiger partial charge in [-0.25, -0.2) is 0 Å². The Kier molecular flexibility index (Phi) is 3.70. The molecule has 102 valence electrons. The van der Waals surface area contributed by atoms with Crippen LogP contribution in [0.25, 0.3) is 10.8 Å². The van der Waals surface area contributed by atoms with Gasteiger partial charge in [-0.1, -0.05) is 47.5 Å². The van der Waals surface area contributed by atoms with Crippen molar-refractivity contribution >= 4 is 34.0 Å². The van der Waals surface area contributed by atoms with Gasteiger partial charge >= 0.3 is 0 Å². The minimum Gasteiger partial charge on any atom is -0.455 e. The first-order valence-electron chi connectivity index (χ1n) is 6.24. The maximum atomic E-state index is 9.17. The summed E-state index contributed by atoms with van der Waals surface area (Å²) in [4.78, 5) is 0. The molecule has 21 heavy (non-hydrogen) atoms. The highest BCUT2D eigenvalue weighted by Gasteiger charge is 2.09. The number of hydrogen-bond donors (Lipinski definition) is 0. The summed E-state index contributed by atoms with van der Waals surface area (Å²) < 4.78 is 5.88. The second-order valence-electron chi connectivity index (χ2n) is 4.45. The van der Waals surface area contributed by atoms with Gasteiger partial charge < -0.3 is 4.74 Å². The molecule has 0 spiro atoms. The molecule has 0 N–H and O–H groups in total. The van der Waals surface area contributed by atoms with Crippen molar-refractivity contribution < 1.29 is 4.74 Å². The van der Waals surface area contributed by atoms with Crippen LogP contribution >= 0.6 is 23.2 Å². The maximum Gasteiger partial charge on any atom is 0.147 e. The third kappa shape index (κ3) is 2.67. The summed E-state index contributed by atoms with van der Waals surface area (Å²) in [6.07, 6.45) is 0. The smallest absolute Gasteiger partial charge is 0.147 e. The Labute approximate surface area is 132 Å². The second kappa shape index (κ2) is 5.65. The van der Waals surface area contributed by atoms with Gasteiger partial charge in [0.05, 0.1) is 16.7 Å². The molecule has 0 aliphatic rings. The molecule has 0 aliphatic heterocycles. The monoisotopic (exact) mass is 313 g/mol. The number of nitrogens with zero attached hydrogens (tertiary/aromatic N) is 1. The van der Waals surface area contributed by atoms with E-state index in [-0.39, 0.29) is 0 Å². The van der Waals surface area contributed by atoms with Gasteiger partial charge in [0, 0.05) is 21.9 Å². The third-order valence-electron chi connectivity index (χ3n) is 3.12. The van der Waals surface area contributed by atoms with Crippen LogP contribution in [0.5, 0.6) is 11.5 Å². The van der Waals surface area contributed by atoms with E-state index < -0.39 is 0 Å². The zero-order chi connectivity index (χ0) is 14.8. The second-order valence-corrected chi connectivity index (χ2v) is 5.29. The average Bonchev–Trinajstić information content (AvgIpc) is 2.51. The maximum absolute atomic E-state index is 9.17. The van der Waals surface area contributed by atoms with Gasteiger partial charge in [-0.2, -0.15) is 5.26 Å². The van der Waals surface area contributed by atoms with Crippen molar-refractivity contribution in [3.63, 3.8) is 0 Å². The molecule has 0 unspecified atom stereocenters. The fourth-order valence-corrected chi connectivity index (χ4v) is 2.45. The standard InChI is InChI=1S/C17H9Cl2NO/c18-12-6-7-15(19)17(9-12)21-16-8-5-11(10-20)13-3-1-2-4-14(13)16/h1-9H. The number of halogens is 2. The average molecular weight is 314 g/mol. The number of ether oxygens (including phenoxy) is 1. The highest BCUT2D eigenvalue weighted by atomic mass is 35.5. The molecule has 0 saturated heterocycles. The lowest BCUT2D eigenvalue weighted by Crippen LogP contribution is -1.89. The van der Waals surface area contributed by atoms with Crippen LogP contribution in [0.4, 0.5) is 0 Å². The Balaban J connectivity index is 2.14. The van der Waals surface area contributed by atoms with Crippen molar-refractivity contribution in [2.24, 2.45) is 0 Å². The van der Waals surface area contributed by atoms with Crippen LogP contribution in [-0.2, 0) is 0 Å². The first kappa shape index (κ1) is 13.8. The summed E-state index contributed by atoms with van der Waals surface area (Å²) in [6, 6.07) is 18.3. The van der Waals surface area contributed by atoms with Crippen LogP contribution in [0.2, 0.25) is 10.0 Å². The van der Waals surface area contributed by atoms with E-state index in [1.165, 1.54) is 0 Å². The molecule has 0 aromatic heterocycles. The van der Waals surface area contributed by atoms with Gasteiger partial charge in [-0.05, 0) is 24.3 Å². The summed E-state index contributed by atoms with van der Waals surface area (Å²) >= 11 is 12.1. The molecule has 3 aromatic rings. The number of fused-ring (bicyclic) bond motifs is 1. The Bertz CT molecular complexity index is 868. The zero-order valence-electron chi connectivity index (χ0n) is 10.8. The fourth-order valence-electron chi connectivity index (χ4n) is 2.13. The molecule has 4 heteroatoms. The van der Waals surface area contributed by atoms with E-state index in [0.29, 0.717) is 27.1 Å². The van der Waals surface area contributed by atoms with Crippen LogP contribution in [-0.4, -0.2) is 0 Å². The van der Waals surface area contributed by atoms with E-state index >= 15 is 0 Å². The largest absolute Gasteiger partial charge is 0.455 e. The van der Waals surface area contributed by atoms with Gasteiger partial charge in [-0.3, -0.25) is 0 Å². The summed E-state index contributed by atoms with van der Waals surface area (Å²) in [5, 5.41) is 11.9. The Morgan fingerprint density at radius 1 is 0.857 bits per heavy atom. The lowest BCUT2D eigenvalue weighted by molar-refractivity contribution is 0.488. The molecule has 0 fully saturated rings. The lowest BCUT2D eigenvalue weighted by atomic mass is 10.0. The van der Waals surface area contributed by atoms with Crippen molar-refractivity contribution in [3.8, 4) is 17.6 Å². The fraction of sp³-hybridized carbons (Fsp3) is 0. The Morgan fingerprint density at radius 3 is 2.38 bits per heavy atom. The van der Waals surface area contributed by atoms with Gasteiger partial charge in [0.2, 0.25) is 0 Å². The van der Waals surface area contributed by atoms with Crippen molar-refractivity contribution in [1.82, 2.24) is 0 Å². The van der Waals surface area contributed by atoms with Crippen LogP contribution < -0.4 is 4.74 Å². The zero-order valence-corrected chi connectivity index (χ0v) is 12.3. The molecule has 3 rings (SSSR count). The number of nitriles is 1. The highest BCUT2D eigenvalue weighted by Crippen LogP contribution is 2.36. The summed E-state index contributed by atoms with van der Waals surface area (Å²) in [5.41, 5.74) is 0.607. The third-order valence-corrected chi connectivity index (χ3v) is 3.67. The first-order chi connectivity index (χ1) is 10.2. The van der Waals surface area contributed by atoms with E-state index in [9.17, 15) is 0 Å². The van der Waals surface area contributed by atoms with Crippen LogP contribution in [0.1, 0.15) is 5.56 Å². The predicted molar refractivity (Wildman–Crippen MR) is 85.2 cm³/mol. The van der Waals surface area contributed by atoms with Crippen molar-refractivity contribution in [2.45, 2.75) is 0 Å². The van der Waals surface area contributed by atoms with E-state index in [2.05, 4.69) is 6.07 Å². The van der Waals surface area contributed by atoms with E-state index in [4.69, 9.17) is 33.2 Å². The molecular formula is C17H9Cl2NO. The van der Waals surface area contributed by atoms with Crippen LogP contribution in [0.15, 0.2) is 54.6 Å². The number of rotatable bonds is 2.